The summed E-state index contributed by atoms with van der Waals surface area (Å²) >= 11 is 0. The molecule has 0 aromatic heterocycles. The molecule has 0 radical (unpaired) electrons. The maximum absolute atomic E-state index is 10.7. The number of carboxylic acid groups (broad SMARTS) is 1. The van der Waals surface area contributed by atoms with Crippen LogP contribution in [0.1, 0.15) is 35.7 Å². The normalized spacial score (nSPS) is 10.8. The predicted octanol–water partition coefficient (Wildman–Crippen LogP) is 2.90. The summed E-state index contributed by atoms with van der Waals surface area (Å²) in [7, 11) is 0. The van der Waals surface area contributed by atoms with Crippen LogP contribution in [-0.2, 0) is 0 Å². The van der Waals surface area contributed by atoms with Crippen LogP contribution in [0.15, 0.2) is 23.2 Å². The number of carbonyl (C=O) groups is 1. The first-order chi connectivity index (χ1) is 7.54. The summed E-state index contributed by atoms with van der Waals surface area (Å²) in [4.78, 5) is 15.0. The highest BCUT2D eigenvalue weighted by atomic mass is 35.5. The van der Waals surface area contributed by atoms with Gasteiger partial charge < -0.3 is 10.8 Å². The first-order valence-corrected chi connectivity index (χ1v) is 5.21. The lowest BCUT2D eigenvalue weighted by atomic mass is 10.1. The second kappa shape index (κ2) is 6.91. The molecule has 0 aliphatic heterocycles. The molecule has 94 valence electrons. The summed E-state index contributed by atoms with van der Waals surface area (Å²) < 4.78 is 0. The molecule has 0 heterocycles. The smallest absolute Gasteiger partial charge is 0.335 e. The van der Waals surface area contributed by atoms with Crippen LogP contribution in [0.3, 0.4) is 0 Å². The van der Waals surface area contributed by atoms with Crippen LogP contribution in [0.25, 0.3) is 0 Å². The quantitative estimate of drug-likeness (QED) is 0.642. The monoisotopic (exact) mass is 256 g/mol. The fraction of sp³-hybridized carbons (Fsp3) is 0.333. The van der Waals surface area contributed by atoms with Gasteiger partial charge in [-0.05, 0) is 37.1 Å². The van der Waals surface area contributed by atoms with Crippen LogP contribution in [-0.4, -0.2) is 16.9 Å². The van der Waals surface area contributed by atoms with Gasteiger partial charge in [0.25, 0.3) is 0 Å². The maximum atomic E-state index is 10.7. The molecule has 1 aromatic carbocycles. The summed E-state index contributed by atoms with van der Waals surface area (Å²) in [6.07, 6.45) is 1.70. The SMILES string of the molecule is CCCC(N)=Nc1ccc(C(=O)O)cc1C.Cl. The van der Waals surface area contributed by atoms with E-state index in [1.54, 1.807) is 12.1 Å². The lowest BCUT2D eigenvalue weighted by molar-refractivity contribution is 0.0697. The molecule has 5 heteroatoms. The van der Waals surface area contributed by atoms with Crippen LogP contribution < -0.4 is 5.73 Å². The molecule has 0 atom stereocenters. The topological polar surface area (TPSA) is 75.7 Å². The molecule has 17 heavy (non-hydrogen) atoms. The standard InChI is InChI=1S/C12H16N2O2.ClH/c1-3-4-11(13)14-10-6-5-9(12(15)16)7-8(10)2;/h5-7H,3-4H2,1-2H3,(H2,13,14)(H,15,16);1H. The first kappa shape index (κ1) is 15.4. The number of halogens is 1. The lowest BCUT2D eigenvalue weighted by Gasteiger charge is -2.03. The van der Waals surface area contributed by atoms with Crippen molar-refractivity contribution in [3.8, 4) is 0 Å². The zero-order valence-electron chi connectivity index (χ0n) is 9.93. The van der Waals surface area contributed by atoms with E-state index in [4.69, 9.17) is 10.8 Å². The Bertz CT molecular complexity index is 431. The van der Waals surface area contributed by atoms with Crippen molar-refractivity contribution in [3.05, 3.63) is 29.3 Å². The van der Waals surface area contributed by atoms with E-state index in [-0.39, 0.29) is 18.0 Å². The van der Waals surface area contributed by atoms with Gasteiger partial charge in [-0.2, -0.15) is 0 Å². The zero-order valence-corrected chi connectivity index (χ0v) is 10.8. The molecule has 1 aromatic rings. The van der Waals surface area contributed by atoms with Crippen LogP contribution in [0.4, 0.5) is 5.69 Å². The number of amidine groups is 1. The Morgan fingerprint density at radius 3 is 2.59 bits per heavy atom. The molecule has 0 amide bonds. The van der Waals surface area contributed by atoms with Crippen molar-refractivity contribution in [2.75, 3.05) is 0 Å². The van der Waals surface area contributed by atoms with Crippen LogP contribution in [0, 0.1) is 6.92 Å². The molecule has 4 nitrogen and oxygen atoms in total. The molecule has 0 bridgehead atoms. The molecule has 0 aliphatic rings. The third-order valence-electron chi connectivity index (χ3n) is 2.21. The number of nitrogens with two attached hydrogens (primary N) is 1. The molecule has 0 aliphatic carbocycles. The molecule has 0 unspecified atom stereocenters. The number of nitrogens with zero attached hydrogens (tertiary/aromatic N) is 1. The minimum atomic E-state index is -0.930. The Hall–Kier alpha value is -1.55. The van der Waals surface area contributed by atoms with Crippen molar-refractivity contribution in [2.24, 2.45) is 10.7 Å². The molecule has 0 fully saturated rings. The van der Waals surface area contributed by atoms with Crippen LogP contribution in [0.2, 0.25) is 0 Å². The lowest BCUT2D eigenvalue weighted by Crippen LogP contribution is -2.10. The minimum Gasteiger partial charge on any atom is -0.478 e. The van der Waals surface area contributed by atoms with Crippen molar-refractivity contribution in [1.29, 1.82) is 0 Å². The molecule has 1 rings (SSSR count). The first-order valence-electron chi connectivity index (χ1n) is 5.21. The predicted molar refractivity (Wildman–Crippen MR) is 71.6 cm³/mol. The van der Waals surface area contributed by atoms with E-state index in [1.165, 1.54) is 6.07 Å². The van der Waals surface area contributed by atoms with E-state index in [0.717, 1.165) is 24.1 Å². The minimum absolute atomic E-state index is 0. The van der Waals surface area contributed by atoms with E-state index >= 15 is 0 Å². The van der Waals surface area contributed by atoms with Gasteiger partial charge in [0.1, 0.15) is 0 Å². The Balaban J connectivity index is 0.00000256. The number of aryl methyl sites for hydroxylation is 1. The Morgan fingerprint density at radius 2 is 2.12 bits per heavy atom. The second-order valence-electron chi connectivity index (χ2n) is 3.66. The van der Waals surface area contributed by atoms with E-state index in [1.807, 2.05) is 13.8 Å². The largest absolute Gasteiger partial charge is 0.478 e. The highest BCUT2D eigenvalue weighted by Gasteiger charge is 2.05. The van der Waals surface area contributed by atoms with Crippen LogP contribution >= 0.6 is 12.4 Å². The molecule has 3 N–H and O–H groups in total. The van der Waals surface area contributed by atoms with Gasteiger partial charge in [-0.15, -0.1) is 12.4 Å². The van der Waals surface area contributed by atoms with E-state index in [2.05, 4.69) is 4.99 Å². The number of hydrogen-bond acceptors (Lipinski definition) is 2. The van der Waals surface area contributed by atoms with Gasteiger partial charge in [0.05, 0.1) is 17.1 Å². The number of carboxylic acids is 1. The van der Waals surface area contributed by atoms with Gasteiger partial charge in [-0.1, -0.05) is 6.92 Å². The fourth-order valence-corrected chi connectivity index (χ4v) is 1.38. The Morgan fingerprint density at radius 1 is 1.47 bits per heavy atom. The van der Waals surface area contributed by atoms with Gasteiger partial charge in [0.15, 0.2) is 0 Å². The van der Waals surface area contributed by atoms with Crippen molar-refractivity contribution < 1.29 is 9.90 Å². The molecule has 0 spiro atoms. The Kier molecular flexibility index (Phi) is 6.28. The molecular formula is C12H17ClN2O2. The summed E-state index contributed by atoms with van der Waals surface area (Å²) in [5, 5.41) is 8.81. The van der Waals surface area contributed by atoms with Gasteiger partial charge in [-0.25, -0.2) is 9.79 Å². The van der Waals surface area contributed by atoms with E-state index in [9.17, 15) is 4.79 Å². The summed E-state index contributed by atoms with van der Waals surface area (Å²) in [5.41, 5.74) is 7.54. The highest BCUT2D eigenvalue weighted by molar-refractivity contribution is 5.89. The average Bonchev–Trinajstić information content (AvgIpc) is 2.21. The number of benzene rings is 1. The van der Waals surface area contributed by atoms with Gasteiger partial charge in [-0.3, -0.25) is 0 Å². The third-order valence-corrected chi connectivity index (χ3v) is 2.21. The van der Waals surface area contributed by atoms with E-state index in [0.29, 0.717) is 5.84 Å². The summed E-state index contributed by atoms with van der Waals surface area (Å²) in [5.74, 6) is -0.353. The van der Waals surface area contributed by atoms with Gasteiger partial charge in [0, 0.05) is 6.42 Å². The van der Waals surface area contributed by atoms with Crippen LogP contribution in [0.5, 0.6) is 0 Å². The molecular weight excluding hydrogens is 240 g/mol. The van der Waals surface area contributed by atoms with Gasteiger partial charge in [0.2, 0.25) is 0 Å². The highest BCUT2D eigenvalue weighted by Crippen LogP contribution is 2.20. The molecule has 0 saturated carbocycles. The van der Waals surface area contributed by atoms with Gasteiger partial charge >= 0.3 is 5.97 Å². The summed E-state index contributed by atoms with van der Waals surface area (Å²) in [6, 6.07) is 4.81. The number of aliphatic imine (C=N–C) groups is 1. The van der Waals surface area contributed by atoms with Crippen molar-refractivity contribution in [1.82, 2.24) is 0 Å². The van der Waals surface area contributed by atoms with Crippen molar-refractivity contribution in [2.45, 2.75) is 26.7 Å². The van der Waals surface area contributed by atoms with Crippen molar-refractivity contribution >= 4 is 29.9 Å². The average molecular weight is 257 g/mol. The second-order valence-corrected chi connectivity index (χ2v) is 3.66. The van der Waals surface area contributed by atoms with Crippen molar-refractivity contribution in [3.63, 3.8) is 0 Å². The fourth-order valence-electron chi connectivity index (χ4n) is 1.38. The number of rotatable bonds is 4. The Labute approximate surface area is 107 Å². The third kappa shape index (κ3) is 4.44. The molecule has 0 saturated heterocycles. The summed E-state index contributed by atoms with van der Waals surface area (Å²) in [6.45, 7) is 3.85. The van der Waals surface area contributed by atoms with E-state index < -0.39 is 5.97 Å². The number of aromatic carboxylic acids is 1. The maximum Gasteiger partial charge on any atom is 0.335 e. The zero-order chi connectivity index (χ0) is 12.1. The number of hydrogen-bond donors (Lipinski definition) is 2.